The number of hydrogen-bond acceptors (Lipinski definition) is 3. The highest BCUT2D eigenvalue weighted by atomic mass is 16.7. The van der Waals surface area contributed by atoms with Gasteiger partial charge in [0.05, 0.1) is 6.10 Å². The van der Waals surface area contributed by atoms with E-state index in [0.717, 1.165) is 19.3 Å². The second-order valence-electron chi connectivity index (χ2n) is 4.83. The highest BCUT2D eigenvalue weighted by molar-refractivity contribution is 5.82. The molecule has 14 heavy (non-hydrogen) atoms. The molecule has 0 spiro atoms. The lowest BCUT2D eigenvalue weighted by Gasteiger charge is -2.25. The van der Waals surface area contributed by atoms with Crippen LogP contribution in [0, 0.1) is 11.3 Å². The molecule has 0 unspecified atom stereocenters. The molecule has 0 aliphatic heterocycles. The molecule has 2 aliphatic carbocycles. The molecule has 2 rings (SSSR count). The van der Waals surface area contributed by atoms with E-state index in [2.05, 4.69) is 6.92 Å². The van der Waals surface area contributed by atoms with Crippen molar-refractivity contribution in [1.29, 1.82) is 0 Å². The van der Waals surface area contributed by atoms with E-state index < -0.39 is 0 Å². The fourth-order valence-electron chi connectivity index (χ4n) is 3.03. The number of rotatable bonds is 3. The number of methoxy groups -OCH3 is 1. The summed E-state index contributed by atoms with van der Waals surface area (Å²) in [4.78, 5) is 11.4. The van der Waals surface area contributed by atoms with Gasteiger partial charge in [0.15, 0.2) is 0 Å². The Morgan fingerprint density at radius 2 is 2.36 bits per heavy atom. The van der Waals surface area contributed by atoms with E-state index in [4.69, 9.17) is 9.47 Å². The summed E-state index contributed by atoms with van der Waals surface area (Å²) in [5.41, 5.74) is 0.218. The highest BCUT2D eigenvalue weighted by Crippen LogP contribution is 2.53. The lowest BCUT2D eigenvalue weighted by atomic mass is 9.82. The molecule has 0 radical (unpaired) electrons. The van der Waals surface area contributed by atoms with Gasteiger partial charge >= 0.3 is 0 Å². The van der Waals surface area contributed by atoms with Crippen LogP contribution in [0.5, 0.6) is 0 Å². The van der Waals surface area contributed by atoms with Crippen LogP contribution in [0.3, 0.4) is 0 Å². The first-order chi connectivity index (χ1) is 6.65. The summed E-state index contributed by atoms with van der Waals surface area (Å²) in [6.45, 7) is 2.57. The summed E-state index contributed by atoms with van der Waals surface area (Å²) >= 11 is 0. The number of ketones is 1. The first-order valence-corrected chi connectivity index (χ1v) is 5.28. The minimum atomic E-state index is 0.218. The second-order valence-corrected chi connectivity index (χ2v) is 4.83. The third-order valence-electron chi connectivity index (χ3n) is 3.79. The van der Waals surface area contributed by atoms with Gasteiger partial charge in [0.1, 0.15) is 12.6 Å². The standard InChI is InChI=1S/C11H18O3/c1-11-4-3-10(14-7-13-2)9(11)5-8(12)6-11/h9-10H,3-7H2,1-2H3/t9-,10+,11-/m0/s1. The van der Waals surface area contributed by atoms with Crippen LogP contribution in [0.25, 0.3) is 0 Å². The van der Waals surface area contributed by atoms with Gasteiger partial charge in [-0.2, -0.15) is 0 Å². The van der Waals surface area contributed by atoms with Crippen LogP contribution in [0.15, 0.2) is 0 Å². The fraction of sp³-hybridized carbons (Fsp3) is 0.909. The number of Topliss-reactive ketones (excluding diaryl/α,β-unsaturated/α-hetero) is 1. The fourth-order valence-corrected chi connectivity index (χ4v) is 3.03. The number of carbonyl (C=O) groups is 1. The van der Waals surface area contributed by atoms with E-state index in [0.29, 0.717) is 24.9 Å². The lowest BCUT2D eigenvalue weighted by Crippen LogP contribution is -2.25. The third-order valence-corrected chi connectivity index (χ3v) is 3.79. The highest BCUT2D eigenvalue weighted by Gasteiger charge is 2.51. The molecule has 3 nitrogen and oxygen atoms in total. The molecule has 0 amide bonds. The van der Waals surface area contributed by atoms with Crippen LogP contribution in [-0.2, 0) is 14.3 Å². The molecule has 0 N–H and O–H groups in total. The Kier molecular flexibility index (Phi) is 2.62. The summed E-state index contributed by atoms with van der Waals surface area (Å²) in [6.07, 6.45) is 3.91. The van der Waals surface area contributed by atoms with Crippen molar-refractivity contribution in [3.63, 3.8) is 0 Å². The Bertz CT molecular complexity index is 239. The average Bonchev–Trinajstić information content (AvgIpc) is 2.56. The Labute approximate surface area is 84.8 Å². The summed E-state index contributed by atoms with van der Waals surface area (Å²) in [5.74, 6) is 0.841. The van der Waals surface area contributed by atoms with Crippen LogP contribution >= 0.6 is 0 Å². The molecule has 0 aromatic heterocycles. The largest absolute Gasteiger partial charge is 0.359 e. The SMILES string of the molecule is COCO[C@@H]1CC[C@@]2(C)CC(=O)C[C@@H]12. The molecule has 0 saturated heterocycles. The van der Waals surface area contributed by atoms with Crippen molar-refractivity contribution in [2.75, 3.05) is 13.9 Å². The van der Waals surface area contributed by atoms with Crippen LogP contribution in [0.1, 0.15) is 32.6 Å². The smallest absolute Gasteiger partial charge is 0.146 e. The maximum Gasteiger partial charge on any atom is 0.146 e. The molecule has 0 bridgehead atoms. The molecule has 0 aromatic carbocycles. The monoisotopic (exact) mass is 198 g/mol. The molecule has 0 heterocycles. The molecule has 80 valence electrons. The first kappa shape index (κ1) is 10.1. The molecule has 2 fully saturated rings. The van der Waals surface area contributed by atoms with Gasteiger partial charge in [-0.15, -0.1) is 0 Å². The lowest BCUT2D eigenvalue weighted by molar-refractivity contribution is -0.119. The van der Waals surface area contributed by atoms with Gasteiger partial charge in [0.25, 0.3) is 0 Å². The van der Waals surface area contributed by atoms with Crippen molar-refractivity contribution in [3.05, 3.63) is 0 Å². The van der Waals surface area contributed by atoms with E-state index in [1.54, 1.807) is 7.11 Å². The first-order valence-electron chi connectivity index (χ1n) is 5.28. The van der Waals surface area contributed by atoms with Crippen LogP contribution < -0.4 is 0 Å². The summed E-state index contributed by atoms with van der Waals surface area (Å²) in [5, 5.41) is 0. The minimum Gasteiger partial charge on any atom is -0.359 e. The van der Waals surface area contributed by atoms with E-state index in [-0.39, 0.29) is 11.5 Å². The van der Waals surface area contributed by atoms with Gasteiger partial charge in [0.2, 0.25) is 0 Å². The van der Waals surface area contributed by atoms with Gasteiger partial charge in [-0.1, -0.05) is 6.92 Å². The summed E-state index contributed by atoms with van der Waals surface area (Å²) in [7, 11) is 1.63. The number of ether oxygens (including phenoxy) is 2. The number of fused-ring (bicyclic) bond motifs is 1. The maximum atomic E-state index is 11.4. The zero-order valence-electron chi connectivity index (χ0n) is 8.91. The van der Waals surface area contributed by atoms with Crippen molar-refractivity contribution in [2.24, 2.45) is 11.3 Å². The van der Waals surface area contributed by atoms with Crippen molar-refractivity contribution in [1.82, 2.24) is 0 Å². The van der Waals surface area contributed by atoms with Gasteiger partial charge in [-0.3, -0.25) is 4.79 Å². The van der Waals surface area contributed by atoms with Crippen molar-refractivity contribution in [3.8, 4) is 0 Å². The molecule has 3 atom stereocenters. The Morgan fingerprint density at radius 1 is 1.57 bits per heavy atom. The Morgan fingerprint density at radius 3 is 3.07 bits per heavy atom. The third kappa shape index (κ3) is 1.59. The zero-order chi connectivity index (χ0) is 10.2. The van der Waals surface area contributed by atoms with Crippen molar-refractivity contribution >= 4 is 5.78 Å². The summed E-state index contributed by atoms with van der Waals surface area (Å²) < 4.78 is 10.5. The van der Waals surface area contributed by atoms with Crippen LogP contribution in [0.2, 0.25) is 0 Å². The second kappa shape index (κ2) is 3.63. The summed E-state index contributed by atoms with van der Waals surface area (Å²) in [6, 6.07) is 0. The normalized spacial score (nSPS) is 41.7. The molecule has 3 heteroatoms. The molecule has 0 aromatic rings. The van der Waals surface area contributed by atoms with Gasteiger partial charge in [0, 0.05) is 20.0 Å². The average molecular weight is 198 g/mol. The Balaban J connectivity index is 2.00. The van der Waals surface area contributed by atoms with E-state index >= 15 is 0 Å². The van der Waals surface area contributed by atoms with Crippen LogP contribution in [-0.4, -0.2) is 25.8 Å². The molecule has 2 saturated carbocycles. The van der Waals surface area contributed by atoms with Crippen molar-refractivity contribution in [2.45, 2.75) is 38.7 Å². The van der Waals surface area contributed by atoms with Gasteiger partial charge in [-0.05, 0) is 24.2 Å². The van der Waals surface area contributed by atoms with Crippen molar-refractivity contribution < 1.29 is 14.3 Å². The maximum absolute atomic E-state index is 11.4. The number of hydrogen-bond donors (Lipinski definition) is 0. The van der Waals surface area contributed by atoms with E-state index in [1.165, 1.54) is 0 Å². The molecular formula is C11H18O3. The molecular weight excluding hydrogens is 180 g/mol. The van der Waals surface area contributed by atoms with Gasteiger partial charge in [-0.25, -0.2) is 0 Å². The zero-order valence-corrected chi connectivity index (χ0v) is 8.91. The quantitative estimate of drug-likeness (QED) is 0.648. The topological polar surface area (TPSA) is 35.5 Å². The van der Waals surface area contributed by atoms with Crippen LogP contribution in [0.4, 0.5) is 0 Å². The number of carbonyl (C=O) groups excluding carboxylic acids is 1. The van der Waals surface area contributed by atoms with Gasteiger partial charge < -0.3 is 9.47 Å². The Hall–Kier alpha value is -0.410. The predicted octanol–water partition coefficient (Wildman–Crippen LogP) is 1.75. The van der Waals surface area contributed by atoms with E-state index in [9.17, 15) is 4.79 Å². The predicted molar refractivity (Wildman–Crippen MR) is 51.8 cm³/mol. The van der Waals surface area contributed by atoms with E-state index in [1.807, 2.05) is 0 Å². The molecule has 2 aliphatic rings. The minimum absolute atomic E-state index is 0.218.